The fraction of sp³-hybridized carbons (Fsp3) is 0.714. The lowest BCUT2D eigenvalue weighted by atomic mass is 10.4. The lowest BCUT2D eigenvalue weighted by Crippen LogP contribution is -2.44. The zero-order valence-electron chi connectivity index (χ0n) is 15.0. The van der Waals surface area contributed by atoms with Crippen LogP contribution in [0.3, 0.4) is 0 Å². The van der Waals surface area contributed by atoms with Crippen LogP contribution in [0.15, 0.2) is 12.2 Å². The highest BCUT2D eigenvalue weighted by atomic mass is 19.3. The summed E-state index contributed by atoms with van der Waals surface area (Å²) in [6.45, 7) is -1.30. The number of aliphatic hydroxyl groups excluding tert-OH is 1. The van der Waals surface area contributed by atoms with Crippen LogP contribution < -0.4 is 5.32 Å². The molecule has 0 bridgehead atoms. The van der Waals surface area contributed by atoms with Gasteiger partial charge in [-0.05, 0) is 6.92 Å². The Balaban J connectivity index is 4.36. The van der Waals surface area contributed by atoms with Crippen molar-refractivity contribution < 1.29 is 64.7 Å². The topological polar surface area (TPSA) is 113 Å². The Labute approximate surface area is 160 Å². The highest BCUT2D eigenvalue weighted by Gasteiger charge is 2.52. The maximum Gasteiger partial charge on any atom is 0.495 e. The summed E-state index contributed by atoms with van der Waals surface area (Å²) in [6.07, 6.45) is -16.6. The second kappa shape index (κ2) is 11.8. The SMILES string of the molecule is C=C(C)C(=O)OCCNC(=O)OCC(F)(F)OC(F)(F)OC(F)(F)COCCO. The van der Waals surface area contributed by atoms with Crippen molar-refractivity contribution in [3.8, 4) is 0 Å². The minimum atomic E-state index is -5.48. The van der Waals surface area contributed by atoms with Crippen molar-refractivity contribution in [2.45, 2.75) is 25.4 Å². The van der Waals surface area contributed by atoms with Crippen molar-refractivity contribution in [2.24, 2.45) is 0 Å². The van der Waals surface area contributed by atoms with Crippen molar-refractivity contribution in [3.63, 3.8) is 0 Å². The molecule has 0 aromatic heterocycles. The van der Waals surface area contributed by atoms with Crippen LogP contribution in [-0.4, -0.2) is 75.3 Å². The van der Waals surface area contributed by atoms with E-state index in [1.165, 1.54) is 6.92 Å². The number of amides is 1. The fourth-order valence-corrected chi connectivity index (χ4v) is 1.30. The van der Waals surface area contributed by atoms with Crippen molar-refractivity contribution in [3.05, 3.63) is 12.2 Å². The molecule has 1 amide bonds. The van der Waals surface area contributed by atoms with Gasteiger partial charge in [-0.15, -0.1) is 8.78 Å². The van der Waals surface area contributed by atoms with Crippen LogP contribution in [-0.2, 0) is 28.5 Å². The zero-order valence-corrected chi connectivity index (χ0v) is 15.0. The first kappa shape index (κ1) is 26.9. The van der Waals surface area contributed by atoms with Gasteiger partial charge in [0.15, 0.2) is 6.61 Å². The number of alkyl halides is 6. The molecule has 29 heavy (non-hydrogen) atoms. The Kier molecular flexibility index (Phi) is 10.9. The van der Waals surface area contributed by atoms with Gasteiger partial charge in [0.2, 0.25) is 0 Å². The number of rotatable bonds is 14. The van der Waals surface area contributed by atoms with Crippen molar-refractivity contribution in [2.75, 3.05) is 39.6 Å². The molecule has 0 spiro atoms. The summed E-state index contributed by atoms with van der Waals surface area (Å²) < 4.78 is 97.1. The number of esters is 1. The van der Waals surface area contributed by atoms with E-state index >= 15 is 0 Å². The highest BCUT2D eigenvalue weighted by molar-refractivity contribution is 5.86. The number of aliphatic hydroxyl groups is 1. The smallest absolute Gasteiger partial charge is 0.460 e. The third-order valence-corrected chi connectivity index (χ3v) is 2.37. The van der Waals surface area contributed by atoms with Crippen LogP contribution >= 0.6 is 0 Å². The summed E-state index contributed by atoms with van der Waals surface area (Å²) >= 11 is 0. The van der Waals surface area contributed by atoms with E-state index in [0.29, 0.717) is 0 Å². The molecule has 2 N–H and O–H groups in total. The summed E-state index contributed by atoms with van der Waals surface area (Å²) in [5.41, 5.74) is 0.0676. The highest BCUT2D eigenvalue weighted by Crippen LogP contribution is 2.33. The maximum atomic E-state index is 13.3. The first-order valence-corrected chi connectivity index (χ1v) is 7.65. The minimum absolute atomic E-state index is 0.0676. The summed E-state index contributed by atoms with van der Waals surface area (Å²) in [4.78, 5) is 22.2. The largest absolute Gasteiger partial charge is 0.495 e. The number of carbonyl (C=O) groups is 2. The standard InChI is InChI=1S/C14H19F6NO8/c1-9(2)10(23)26-5-3-21-11(24)27-8-13(17,18)29-14(19,20)28-12(15,16)7-25-6-4-22/h22H,1,3-8H2,2H3,(H,21,24). The molecule has 0 aliphatic rings. The molecule has 0 heterocycles. The van der Waals surface area contributed by atoms with E-state index in [1.807, 2.05) is 5.32 Å². The molecule has 0 saturated carbocycles. The monoisotopic (exact) mass is 443 g/mol. The molecule has 0 aliphatic heterocycles. The third-order valence-electron chi connectivity index (χ3n) is 2.37. The van der Waals surface area contributed by atoms with Gasteiger partial charge in [-0.1, -0.05) is 6.58 Å². The van der Waals surface area contributed by atoms with Gasteiger partial charge in [0.05, 0.1) is 19.8 Å². The Morgan fingerprint density at radius 1 is 0.966 bits per heavy atom. The number of ether oxygens (including phenoxy) is 5. The minimum Gasteiger partial charge on any atom is -0.460 e. The quantitative estimate of drug-likeness (QED) is 0.137. The zero-order chi connectivity index (χ0) is 22.7. The number of nitrogens with one attached hydrogen (secondary N) is 1. The first-order chi connectivity index (χ1) is 13.2. The Hall–Kier alpha value is -2.10. The van der Waals surface area contributed by atoms with Gasteiger partial charge in [0, 0.05) is 5.57 Å². The van der Waals surface area contributed by atoms with Crippen LogP contribution in [0.25, 0.3) is 0 Å². The third kappa shape index (κ3) is 13.7. The normalized spacial score (nSPS) is 12.4. The number of hydrogen-bond donors (Lipinski definition) is 2. The average Bonchev–Trinajstić information content (AvgIpc) is 2.54. The molecule has 9 nitrogen and oxygen atoms in total. The van der Waals surface area contributed by atoms with E-state index in [9.17, 15) is 35.9 Å². The van der Waals surface area contributed by atoms with Gasteiger partial charge in [-0.25, -0.2) is 19.1 Å². The maximum absolute atomic E-state index is 13.3. The van der Waals surface area contributed by atoms with E-state index in [0.717, 1.165) is 0 Å². The first-order valence-electron chi connectivity index (χ1n) is 7.65. The Morgan fingerprint density at radius 2 is 1.52 bits per heavy atom. The molecule has 0 aliphatic carbocycles. The van der Waals surface area contributed by atoms with Crippen LogP contribution in [0.1, 0.15) is 6.92 Å². The molecule has 0 unspecified atom stereocenters. The summed E-state index contributed by atoms with van der Waals surface area (Å²) in [6, 6.07) is 0. The predicted molar refractivity (Wildman–Crippen MR) is 80.0 cm³/mol. The van der Waals surface area contributed by atoms with E-state index in [1.54, 1.807) is 0 Å². The second-order valence-corrected chi connectivity index (χ2v) is 5.14. The van der Waals surface area contributed by atoms with E-state index in [2.05, 4.69) is 30.3 Å². The molecule has 0 aromatic rings. The molecule has 0 fully saturated rings. The van der Waals surface area contributed by atoms with Gasteiger partial charge < -0.3 is 24.6 Å². The molecule has 0 radical (unpaired) electrons. The molecule has 0 aromatic carbocycles. The van der Waals surface area contributed by atoms with Crippen LogP contribution in [0.4, 0.5) is 31.1 Å². The van der Waals surface area contributed by atoms with E-state index in [-0.39, 0.29) is 18.7 Å². The average molecular weight is 443 g/mol. The fourth-order valence-electron chi connectivity index (χ4n) is 1.30. The van der Waals surface area contributed by atoms with Gasteiger partial charge in [0.1, 0.15) is 13.2 Å². The predicted octanol–water partition coefficient (Wildman–Crippen LogP) is 1.61. The van der Waals surface area contributed by atoms with Crippen LogP contribution in [0.5, 0.6) is 0 Å². The molecule has 0 rings (SSSR count). The number of hydrogen-bond acceptors (Lipinski definition) is 8. The van der Waals surface area contributed by atoms with Crippen LogP contribution in [0, 0.1) is 0 Å². The molecule has 15 heteroatoms. The number of alkyl carbamates (subject to hydrolysis) is 1. The van der Waals surface area contributed by atoms with Crippen molar-refractivity contribution in [1.82, 2.24) is 5.32 Å². The molecular weight excluding hydrogens is 424 g/mol. The van der Waals surface area contributed by atoms with E-state index < -0.39 is 57.0 Å². The summed E-state index contributed by atoms with van der Waals surface area (Å²) in [7, 11) is 0. The van der Waals surface area contributed by atoms with Gasteiger partial charge in [0.25, 0.3) is 0 Å². The summed E-state index contributed by atoms with van der Waals surface area (Å²) in [5, 5.41) is 10.2. The van der Waals surface area contributed by atoms with Crippen molar-refractivity contribution in [1.29, 1.82) is 0 Å². The lowest BCUT2D eigenvalue weighted by Gasteiger charge is -2.26. The number of halogens is 6. The van der Waals surface area contributed by atoms with Gasteiger partial charge in [-0.2, -0.15) is 17.6 Å². The Morgan fingerprint density at radius 3 is 2.03 bits per heavy atom. The Bertz CT molecular complexity index is 560. The molecular formula is C14H19F6NO8. The molecule has 170 valence electrons. The van der Waals surface area contributed by atoms with Crippen molar-refractivity contribution >= 4 is 12.1 Å². The molecule has 0 atom stereocenters. The number of carbonyl (C=O) groups excluding carboxylic acids is 2. The molecule has 0 saturated heterocycles. The van der Waals surface area contributed by atoms with Gasteiger partial charge >= 0.3 is 30.6 Å². The van der Waals surface area contributed by atoms with Gasteiger partial charge in [-0.3, -0.25) is 0 Å². The lowest BCUT2D eigenvalue weighted by molar-refractivity contribution is -0.517. The van der Waals surface area contributed by atoms with Crippen LogP contribution in [0.2, 0.25) is 0 Å². The summed E-state index contributed by atoms with van der Waals surface area (Å²) in [5.74, 6) is -0.777. The van der Waals surface area contributed by atoms with E-state index in [4.69, 9.17) is 5.11 Å². The second-order valence-electron chi connectivity index (χ2n) is 5.14.